The van der Waals surface area contributed by atoms with Gasteiger partial charge in [0.25, 0.3) is 0 Å². The molecule has 5 nitrogen and oxygen atoms in total. The van der Waals surface area contributed by atoms with Gasteiger partial charge in [-0.25, -0.2) is 0 Å². The van der Waals surface area contributed by atoms with E-state index in [0.29, 0.717) is 6.61 Å². The molecule has 1 atom stereocenters. The van der Waals surface area contributed by atoms with E-state index in [-0.39, 0.29) is 11.7 Å². The smallest absolute Gasteiger partial charge is 0.167 e. The van der Waals surface area contributed by atoms with E-state index in [1.54, 1.807) is 21.3 Å². The highest BCUT2D eigenvalue weighted by atomic mass is 16.5. The van der Waals surface area contributed by atoms with Crippen LogP contribution < -0.4 is 9.47 Å². The number of ether oxygens (including phenoxy) is 3. The average molecular weight is 383 g/mol. The fourth-order valence-electron chi connectivity index (χ4n) is 3.88. The van der Waals surface area contributed by atoms with Gasteiger partial charge in [-0.2, -0.15) is 0 Å². The summed E-state index contributed by atoms with van der Waals surface area (Å²) in [4.78, 5) is 15.3. The second-order valence-electron chi connectivity index (χ2n) is 7.25. The van der Waals surface area contributed by atoms with Crippen LogP contribution in [0.1, 0.15) is 34.3 Å². The van der Waals surface area contributed by atoms with E-state index in [9.17, 15) is 4.79 Å². The molecule has 0 N–H and O–H groups in total. The SMILES string of the molecule is COCc1cc(CN2CCC[C@@H](C(=O)c3cccc(OC)c3)C2)ccc1OC. The molecule has 3 rings (SSSR count). The number of methoxy groups -OCH3 is 3. The summed E-state index contributed by atoms with van der Waals surface area (Å²) in [5, 5.41) is 0. The van der Waals surface area contributed by atoms with Crippen molar-refractivity contribution < 1.29 is 19.0 Å². The second-order valence-corrected chi connectivity index (χ2v) is 7.25. The van der Waals surface area contributed by atoms with Gasteiger partial charge in [-0.1, -0.05) is 18.2 Å². The van der Waals surface area contributed by atoms with E-state index < -0.39 is 0 Å². The van der Waals surface area contributed by atoms with E-state index in [2.05, 4.69) is 17.0 Å². The Morgan fingerprint density at radius 1 is 1.11 bits per heavy atom. The lowest BCUT2D eigenvalue weighted by molar-refractivity contribution is 0.0811. The van der Waals surface area contributed by atoms with Gasteiger partial charge in [0.1, 0.15) is 11.5 Å². The molecule has 1 aliphatic rings. The second kappa shape index (κ2) is 9.71. The minimum Gasteiger partial charge on any atom is -0.497 e. The molecule has 1 fully saturated rings. The lowest BCUT2D eigenvalue weighted by atomic mass is 9.89. The number of Topliss-reactive ketones (excluding diaryl/α,β-unsaturated/α-hetero) is 1. The van der Waals surface area contributed by atoms with Crippen LogP contribution in [0.25, 0.3) is 0 Å². The topological polar surface area (TPSA) is 48.0 Å². The van der Waals surface area contributed by atoms with Crippen LogP contribution in [0.2, 0.25) is 0 Å². The van der Waals surface area contributed by atoms with E-state index in [1.165, 1.54) is 5.56 Å². The monoisotopic (exact) mass is 383 g/mol. The highest BCUT2D eigenvalue weighted by Crippen LogP contribution is 2.26. The first kappa shape index (κ1) is 20.4. The molecular weight excluding hydrogens is 354 g/mol. The number of hydrogen-bond donors (Lipinski definition) is 0. The molecule has 5 heteroatoms. The van der Waals surface area contributed by atoms with Crippen molar-refractivity contribution in [3.05, 3.63) is 59.2 Å². The molecule has 2 aromatic carbocycles. The molecule has 150 valence electrons. The number of ketones is 1. The quantitative estimate of drug-likeness (QED) is 0.646. The maximum absolute atomic E-state index is 13.0. The number of carbonyl (C=O) groups excluding carboxylic acids is 1. The number of likely N-dealkylation sites (tertiary alicyclic amines) is 1. The Morgan fingerprint density at radius 3 is 2.71 bits per heavy atom. The molecule has 1 aliphatic heterocycles. The number of piperidine rings is 1. The van der Waals surface area contributed by atoms with E-state index >= 15 is 0 Å². The third kappa shape index (κ3) is 4.91. The zero-order valence-corrected chi connectivity index (χ0v) is 16.9. The van der Waals surface area contributed by atoms with Crippen LogP contribution in [0.3, 0.4) is 0 Å². The van der Waals surface area contributed by atoms with Crippen LogP contribution in [-0.4, -0.2) is 45.1 Å². The van der Waals surface area contributed by atoms with Crippen molar-refractivity contribution >= 4 is 5.78 Å². The first-order valence-corrected chi connectivity index (χ1v) is 9.70. The summed E-state index contributed by atoms with van der Waals surface area (Å²) in [6, 6.07) is 13.7. The molecule has 2 aromatic rings. The zero-order chi connectivity index (χ0) is 19.9. The Bertz CT molecular complexity index is 805. The van der Waals surface area contributed by atoms with Crippen LogP contribution in [0, 0.1) is 5.92 Å². The summed E-state index contributed by atoms with van der Waals surface area (Å²) in [6.07, 6.45) is 1.96. The van der Waals surface area contributed by atoms with Crippen molar-refractivity contribution in [1.29, 1.82) is 0 Å². The molecule has 0 saturated carbocycles. The number of benzene rings is 2. The molecule has 0 amide bonds. The average Bonchev–Trinajstić information content (AvgIpc) is 2.74. The van der Waals surface area contributed by atoms with Gasteiger partial charge in [0.05, 0.1) is 20.8 Å². The van der Waals surface area contributed by atoms with Gasteiger partial charge in [-0.05, 0) is 49.2 Å². The van der Waals surface area contributed by atoms with Gasteiger partial charge in [0.15, 0.2) is 5.78 Å². The predicted octanol–water partition coefficient (Wildman–Crippen LogP) is 3.95. The van der Waals surface area contributed by atoms with Gasteiger partial charge in [-0.15, -0.1) is 0 Å². The summed E-state index contributed by atoms with van der Waals surface area (Å²) in [5.41, 5.74) is 2.99. The van der Waals surface area contributed by atoms with E-state index in [4.69, 9.17) is 14.2 Å². The fraction of sp³-hybridized carbons (Fsp3) is 0.435. The molecule has 0 bridgehead atoms. The van der Waals surface area contributed by atoms with Crippen molar-refractivity contribution in [3.8, 4) is 11.5 Å². The van der Waals surface area contributed by atoms with Gasteiger partial charge >= 0.3 is 0 Å². The minimum absolute atomic E-state index is 0.0255. The Labute approximate surface area is 167 Å². The van der Waals surface area contributed by atoms with Gasteiger partial charge < -0.3 is 14.2 Å². The third-order valence-electron chi connectivity index (χ3n) is 5.28. The summed E-state index contributed by atoms with van der Waals surface area (Å²) in [6.45, 7) is 3.13. The molecule has 0 unspecified atom stereocenters. The summed E-state index contributed by atoms with van der Waals surface area (Å²) in [5.74, 6) is 1.80. The third-order valence-corrected chi connectivity index (χ3v) is 5.28. The zero-order valence-electron chi connectivity index (χ0n) is 16.9. The maximum Gasteiger partial charge on any atom is 0.167 e. The molecular formula is C23H29NO4. The summed E-state index contributed by atoms with van der Waals surface area (Å²) < 4.78 is 16.0. The molecule has 0 aliphatic carbocycles. The first-order chi connectivity index (χ1) is 13.6. The molecule has 0 radical (unpaired) electrons. The number of rotatable bonds is 8. The Morgan fingerprint density at radius 2 is 1.96 bits per heavy atom. The standard InChI is InChI=1S/C23H29NO4/c1-26-16-20-12-17(9-10-22(20)28-3)14-24-11-5-7-19(15-24)23(25)18-6-4-8-21(13-18)27-2/h4,6,8-10,12-13,19H,5,7,11,14-16H2,1-3H3/t19-/m1/s1. The number of hydrogen-bond acceptors (Lipinski definition) is 5. The van der Waals surface area contributed by atoms with Crippen LogP contribution in [0.5, 0.6) is 11.5 Å². The van der Waals surface area contributed by atoms with Crippen molar-refractivity contribution in [1.82, 2.24) is 4.90 Å². The molecule has 28 heavy (non-hydrogen) atoms. The summed E-state index contributed by atoms with van der Waals surface area (Å²) >= 11 is 0. The Balaban J connectivity index is 1.68. The summed E-state index contributed by atoms with van der Waals surface area (Å²) in [7, 11) is 4.98. The molecule has 1 heterocycles. The lowest BCUT2D eigenvalue weighted by Gasteiger charge is -2.32. The van der Waals surface area contributed by atoms with Gasteiger partial charge in [0, 0.05) is 37.2 Å². The molecule has 0 spiro atoms. The van der Waals surface area contributed by atoms with E-state index in [0.717, 1.165) is 55.1 Å². The maximum atomic E-state index is 13.0. The van der Waals surface area contributed by atoms with E-state index in [1.807, 2.05) is 30.3 Å². The largest absolute Gasteiger partial charge is 0.497 e. The highest BCUT2D eigenvalue weighted by molar-refractivity contribution is 5.98. The van der Waals surface area contributed by atoms with Crippen LogP contribution in [0.15, 0.2) is 42.5 Å². The normalized spacial score (nSPS) is 17.3. The van der Waals surface area contributed by atoms with Crippen molar-refractivity contribution in [2.75, 3.05) is 34.4 Å². The van der Waals surface area contributed by atoms with Crippen LogP contribution in [-0.2, 0) is 17.9 Å². The Kier molecular flexibility index (Phi) is 7.06. The minimum atomic E-state index is 0.0255. The van der Waals surface area contributed by atoms with Gasteiger partial charge in [0.2, 0.25) is 0 Å². The van der Waals surface area contributed by atoms with Gasteiger partial charge in [-0.3, -0.25) is 9.69 Å². The van der Waals surface area contributed by atoms with Crippen molar-refractivity contribution in [2.45, 2.75) is 26.0 Å². The Hall–Kier alpha value is -2.37. The first-order valence-electron chi connectivity index (χ1n) is 9.70. The van der Waals surface area contributed by atoms with Crippen molar-refractivity contribution in [2.24, 2.45) is 5.92 Å². The highest BCUT2D eigenvalue weighted by Gasteiger charge is 2.27. The number of carbonyl (C=O) groups is 1. The lowest BCUT2D eigenvalue weighted by Crippen LogP contribution is -2.38. The number of nitrogens with zero attached hydrogens (tertiary/aromatic N) is 1. The molecule has 1 saturated heterocycles. The fourth-order valence-corrected chi connectivity index (χ4v) is 3.88. The molecule has 0 aromatic heterocycles. The van der Waals surface area contributed by atoms with Crippen molar-refractivity contribution in [3.63, 3.8) is 0 Å². The predicted molar refractivity (Wildman–Crippen MR) is 109 cm³/mol. The van der Waals surface area contributed by atoms with Crippen LogP contribution in [0.4, 0.5) is 0 Å². The van der Waals surface area contributed by atoms with Crippen LogP contribution >= 0.6 is 0 Å².